The van der Waals surface area contributed by atoms with Gasteiger partial charge in [0.1, 0.15) is 17.3 Å². The maximum absolute atomic E-state index is 14.8. The number of carbonyl (C=O) groups excluding carboxylic acids is 2. The number of carbonyl (C=O) groups is 2. The normalized spacial score (nSPS) is 18.1. The average Bonchev–Trinajstić information content (AvgIpc) is 2.97. The van der Waals surface area contributed by atoms with Crippen LogP contribution in [0.25, 0.3) is 5.76 Å². The molecule has 1 aliphatic heterocycles. The lowest BCUT2D eigenvalue weighted by Crippen LogP contribution is -2.35. The van der Waals surface area contributed by atoms with Gasteiger partial charge in [-0.3, -0.25) is 9.59 Å². The highest BCUT2D eigenvalue weighted by Gasteiger charge is 2.46. The van der Waals surface area contributed by atoms with Crippen LogP contribution >= 0.6 is 0 Å². The molecule has 1 heterocycles. The zero-order chi connectivity index (χ0) is 23.6. The van der Waals surface area contributed by atoms with Gasteiger partial charge < -0.3 is 19.6 Å². The average molecular weight is 441 g/mol. The molecule has 2 aromatic carbocycles. The van der Waals surface area contributed by atoms with E-state index in [1.54, 1.807) is 30.3 Å². The molecule has 32 heavy (non-hydrogen) atoms. The molecule has 3 rings (SSSR count). The Morgan fingerprint density at radius 2 is 1.88 bits per heavy atom. The molecule has 0 saturated carbocycles. The van der Waals surface area contributed by atoms with Gasteiger partial charge in [0.15, 0.2) is 0 Å². The van der Waals surface area contributed by atoms with Crippen molar-refractivity contribution in [2.24, 2.45) is 0 Å². The van der Waals surface area contributed by atoms with Gasteiger partial charge in [-0.25, -0.2) is 4.39 Å². The molecule has 1 amide bonds. The molecule has 0 aromatic heterocycles. The van der Waals surface area contributed by atoms with Gasteiger partial charge in [0.25, 0.3) is 11.7 Å². The molecule has 1 unspecified atom stereocenters. The fourth-order valence-corrected chi connectivity index (χ4v) is 3.78. The number of likely N-dealkylation sites (tertiary alicyclic amines) is 1. The van der Waals surface area contributed by atoms with Crippen molar-refractivity contribution >= 4 is 17.4 Å². The number of amides is 1. The molecule has 0 spiro atoms. The van der Waals surface area contributed by atoms with E-state index in [0.29, 0.717) is 17.9 Å². The number of aliphatic hydroxyl groups excluding tert-OH is 1. The summed E-state index contributed by atoms with van der Waals surface area (Å²) in [5, 5.41) is 11.1. The first-order valence-electron chi connectivity index (χ1n) is 10.6. The number of ketones is 1. The SMILES string of the molecule is Cc1cc(/C(O)=C2\C(=O)C(=O)N(CCN(C)C)C2c2ccccc2F)ccc1OC(C)C. The Labute approximate surface area is 187 Å². The predicted molar refractivity (Wildman–Crippen MR) is 121 cm³/mol. The van der Waals surface area contributed by atoms with Crippen molar-refractivity contribution in [3.8, 4) is 5.75 Å². The van der Waals surface area contributed by atoms with E-state index in [1.807, 2.05) is 39.8 Å². The van der Waals surface area contributed by atoms with E-state index >= 15 is 0 Å². The van der Waals surface area contributed by atoms with Crippen LogP contribution in [0, 0.1) is 12.7 Å². The van der Waals surface area contributed by atoms with Crippen molar-refractivity contribution in [2.75, 3.05) is 27.2 Å². The number of halogens is 1. The third-order valence-electron chi connectivity index (χ3n) is 5.34. The monoisotopic (exact) mass is 440 g/mol. The number of aryl methyl sites for hydroxylation is 1. The minimum atomic E-state index is -1.01. The Kier molecular flexibility index (Phi) is 6.99. The van der Waals surface area contributed by atoms with Crippen molar-refractivity contribution < 1.29 is 23.8 Å². The van der Waals surface area contributed by atoms with Crippen LogP contribution in [0.2, 0.25) is 0 Å². The van der Waals surface area contributed by atoms with Crippen LogP contribution in [0.15, 0.2) is 48.0 Å². The molecular formula is C25H29FN2O4. The van der Waals surface area contributed by atoms with Crippen molar-refractivity contribution in [1.82, 2.24) is 9.80 Å². The van der Waals surface area contributed by atoms with Crippen LogP contribution < -0.4 is 4.74 Å². The highest BCUT2D eigenvalue weighted by atomic mass is 19.1. The summed E-state index contributed by atoms with van der Waals surface area (Å²) in [6.07, 6.45) is -0.0174. The van der Waals surface area contributed by atoms with E-state index in [-0.39, 0.29) is 29.5 Å². The molecule has 2 aromatic rings. The molecule has 7 heteroatoms. The smallest absolute Gasteiger partial charge is 0.295 e. The van der Waals surface area contributed by atoms with Gasteiger partial charge >= 0.3 is 0 Å². The number of Topliss-reactive ketones (excluding diaryl/α,β-unsaturated/α-hetero) is 1. The molecule has 1 aliphatic rings. The second-order valence-electron chi connectivity index (χ2n) is 8.46. The van der Waals surface area contributed by atoms with E-state index < -0.39 is 23.5 Å². The number of likely N-dealkylation sites (N-methyl/N-ethyl adjacent to an activating group) is 1. The number of benzene rings is 2. The van der Waals surface area contributed by atoms with E-state index in [2.05, 4.69) is 0 Å². The van der Waals surface area contributed by atoms with E-state index in [4.69, 9.17) is 4.74 Å². The molecule has 1 N–H and O–H groups in total. The highest BCUT2D eigenvalue weighted by Crippen LogP contribution is 2.40. The Balaban J connectivity index is 2.13. The fraction of sp³-hybridized carbons (Fsp3) is 0.360. The zero-order valence-electron chi connectivity index (χ0n) is 19.1. The fourth-order valence-electron chi connectivity index (χ4n) is 3.78. The Morgan fingerprint density at radius 3 is 2.47 bits per heavy atom. The Hall–Kier alpha value is -3.19. The van der Waals surface area contributed by atoms with Gasteiger partial charge in [-0.2, -0.15) is 0 Å². The van der Waals surface area contributed by atoms with Gasteiger partial charge in [-0.15, -0.1) is 0 Å². The number of hydrogen-bond acceptors (Lipinski definition) is 5. The Bertz CT molecular complexity index is 1060. The van der Waals surface area contributed by atoms with Gasteiger partial charge in [-0.1, -0.05) is 18.2 Å². The summed E-state index contributed by atoms with van der Waals surface area (Å²) in [6.45, 7) is 6.36. The molecule has 0 aliphatic carbocycles. The topological polar surface area (TPSA) is 70.1 Å². The first kappa shape index (κ1) is 23.5. The maximum Gasteiger partial charge on any atom is 0.295 e. The minimum Gasteiger partial charge on any atom is -0.507 e. The number of aliphatic hydroxyl groups is 1. The summed E-state index contributed by atoms with van der Waals surface area (Å²) in [7, 11) is 3.69. The van der Waals surface area contributed by atoms with Crippen LogP contribution in [-0.4, -0.2) is 59.9 Å². The number of hydrogen-bond donors (Lipinski definition) is 1. The molecule has 6 nitrogen and oxygen atoms in total. The molecule has 0 radical (unpaired) electrons. The van der Waals surface area contributed by atoms with Crippen molar-refractivity contribution in [1.29, 1.82) is 0 Å². The molecule has 170 valence electrons. The third-order valence-corrected chi connectivity index (χ3v) is 5.34. The van der Waals surface area contributed by atoms with Crippen molar-refractivity contribution in [2.45, 2.75) is 32.9 Å². The van der Waals surface area contributed by atoms with Crippen LogP contribution in [-0.2, 0) is 9.59 Å². The molecule has 1 fully saturated rings. The van der Waals surface area contributed by atoms with Crippen molar-refractivity contribution in [3.63, 3.8) is 0 Å². The van der Waals surface area contributed by atoms with E-state index in [9.17, 15) is 19.1 Å². The summed E-state index contributed by atoms with van der Waals surface area (Å²) in [5.41, 5.74) is 1.19. The highest BCUT2D eigenvalue weighted by molar-refractivity contribution is 6.46. The summed E-state index contributed by atoms with van der Waals surface area (Å²) in [4.78, 5) is 29.1. The van der Waals surface area contributed by atoms with Gasteiger partial charge in [0, 0.05) is 24.2 Å². The Morgan fingerprint density at radius 1 is 1.19 bits per heavy atom. The van der Waals surface area contributed by atoms with E-state index in [0.717, 1.165) is 5.56 Å². The van der Waals surface area contributed by atoms with Crippen LogP contribution in [0.3, 0.4) is 0 Å². The molecule has 0 bridgehead atoms. The summed E-state index contributed by atoms with van der Waals surface area (Å²) in [6, 6.07) is 10.0. The lowest BCUT2D eigenvalue weighted by atomic mass is 9.94. The maximum atomic E-state index is 14.8. The quantitative estimate of drug-likeness (QED) is 0.402. The number of ether oxygens (including phenoxy) is 1. The van der Waals surface area contributed by atoms with E-state index in [1.165, 1.54) is 17.0 Å². The first-order valence-corrected chi connectivity index (χ1v) is 10.6. The second-order valence-corrected chi connectivity index (χ2v) is 8.46. The first-order chi connectivity index (χ1) is 15.1. The number of nitrogens with zero attached hydrogens (tertiary/aromatic N) is 2. The molecular weight excluding hydrogens is 411 g/mol. The van der Waals surface area contributed by atoms with Crippen molar-refractivity contribution in [3.05, 3.63) is 70.5 Å². The second kappa shape index (κ2) is 9.53. The molecule has 1 atom stereocenters. The zero-order valence-corrected chi connectivity index (χ0v) is 19.1. The van der Waals surface area contributed by atoms with Crippen LogP contribution in [0.4, 0.5) is 4.39 Å². The lowest BCUT2D eigenvalue weighted by molar-refractivity contribution is -0.140. The van der Waals surface area contributed by atoms with Gasteiger partial charge in [-0.05, 0) is 64.7 Å². The van der Waals surface area contributed by atoms with Crippen LogP contribution in [0.1, 0.15) is 36.6 Å². The predicted octanol–water partition coefficient (Wildman–Crippen LogP) is 3.90. The van der Waals surface area contributed by atoms with Crippen LogP contribution in [0.5, 0.6) is 5.75 Å². The summed E-state index contributed by atoms with van der Waals surface area (Å²) in [5.74, 6) is -1.79. The molecule has 1 saturated heterocycles. The largest absolute Gasteiger partial charge is 0.507 e. The summed E-state index contributed by atoms with van der Waals surface area (Å²) < 4.78 is 20.5. The third kappa shape index (κ3) is 4.67. The van der Waals surface area contributed by atoms with Gasteiger partial charge in [0.05, 0.1) is 17.7 Å². The van der Waals surface area contributed by atoms with Gasteiger partial charge in [0.2, 0.25) is 0 Å². The summed E-state index contributed by atoms with van der Waals surface area (Å²) >= 11 is 0. The minimum absolute atomic E-state index is 0.0174. The standard InChI is InChI=1S/C25H29FN2O4/c1-15(2)32-20-11-10-17(14-16(20)3)23(29)21-22(18-8-6-7-9-19(18)26)28(13-12-27(4)5)25(31)24(21)30/h6-11,14-15,22,29H,12-13H2,1-5H3/b23-21+. The number of rotatable bonds is 7. The lowest BCUT2D eigenvalue weighted by Gasteiger charge is -2.26.